The SMILES string of the molecule is Cc1ccc(OCCCNC(=N)NC(=O)c2nc(Cl)c(N)nc2N)cc1. The zero-order valence-electron chi connectivity index (χ0n) is 14.2. The number of halogens is 1. The van der Waals surface area contributed by atoms with Gasteiger partial charge in [0.05, 0.1) is 6.61 Å². The number of anilines is 2. The summed E-state index contributed by atoms with van der Waals surface area (Å²) in [6.07, 6.45) is 0.641. The maximum Gasteiger partial charge on any atom is 0.280 e. The second-order valence-electron chi connectivity index (χ2n) is 5.40. The third kappa shape index (κ3) is 5.49. The third-order valence-electron chi connectivity index (χ3n) is 3.27. The molecule has 0 aliphatic rings. The molecule has 1 aromatic carbocycles. The summed E-state index contributed by atoms with van der Waals surface area (Å²) >= 11 is 5.73. The van der Waals surface area contributed by atoms with Crippen LogP contribution in [0.5, 0.6) is 5.75 Å². The number of aromatic nitrogens is 2. The lowest BCUT2D eigenvalue weighted by atomic mass is 10.2. The van der Waals surface area contributed by atoms with E-state index in [9.17, 15) is 4.79 Å². The zero-order chi connectivity index (χ0) is 19.1. The molecule has 0 atom stereocenters. The van der Waals surface area contributed by atoms with Crippen LogP contribution in [0.3, 0.4) is 0 Å². The minimum atomic E-state index is -0.703. The molecule has 7 N–H and O–H groups in total. The lowest BCUT2D eigenvalue weighted by Crippen LogP contribution is -2.41. The summed E-state index contributed by atoms with van der Waals surface area (Å²) in [5, 5.41) is 12.7. The Labute approximate surface area is 155 Å². The van der Waals surface area contributed by atoms with Gasteiger partial charge in [0, 0.05) is 6.54 Å². The smallest absolute Gasteiger partial charge is 0.280 e. The van der Waals surface area contributed by atoms with E-state index in [1.165, 1.54) is 0 Å². The second-order valence-corrected chi connectivity index (χ2v) is 5.76. The first kappa shape index (κ1) is 19.3. The van der Waals surface area contributed by atoms with Crippen LogP contribution in [-0.2, 0) is 0 Å². The normalized spacial score (nSPS) is 10.2. The number of nitrogens with zero attached hydrogens (tertiary/aromatic N) is 2. The zero-order valence-corrected chi connectivity index (χ0v) is 14.9. The molecule has 0 unspecified atom stereocenters. The van der Waals surface area contributed by atoms with E-state index in [0.29, 0.717) is 19.6 Å². The van der Waals surface area contributed by atoms with Crippen LogP contribution in [0.15, 0.2) is 24.3 Å². The van der Waals surface area contributed by atoms with Gasteiger partial charge in [0.2, 0.25) is 0 Å². The molecule has 26 heavy (non-hydrogen) atoms. The highest BCUT2D eigenvalue weighted by Gasteiger charge is 2.16. The van der Waals surface area contributed by atoms with E-state index in [2.05, 4.69) is 20.6 Å². The fourth-order valence-electron chi connectivity index (χ4n) is 1.94. The number of guanidine groups is 1. The Balaban J connectivity index is 1.72. The average Bonchev–Trinajstić information content (AvgIpc) is 2.59. The van der Waals surface area contributed by atoms with Crippen LogP contribution in [0.1, 0.15) is 22.5 Å². The molecule has 0 saturated heterocycles. The van der Waals surface area contributed by atoms with E-state index in [4.69, 9.17) is 33.2 Å². The number of nitrogen functional groups attached to an aromatic ring is 2. The van der Waals surface area contributed by atoms with Crippen LogP contribution in [0.4, 0.5) is 11.6 Å². The highest BCUT2D eigenvalue weighted by Crippen LogP contribution is 2.17. The van der Waals surface area contributed by atoms with Crippen molar-refractivity contribution in [3.05, 3.63) is 40.7 Å². The van der Waals surface area contributed by atoms with Gasteiger partial charge in [-0.2, -0.15) is 0 Å². The highest BCUT2D eigenvalue weighted by atomic mass is 35.5. The molecule has 0 saturated carbocycles. The maximum absolute atomic E-state index is 12.0. The van der Waals surface area contributed by atoms with E-state index in [1.54, 1.807) is 0 Å². The Morgan fingerprint density at radius 2 is 1.92 bits per heavy atom. The number of aryl methyl sites for hydroxylation is 1. The lowest BCUT2D eigenvalue weighted by molar-refractivity contribution is 0.0971. The van der Waals surface area contributed by atoms with E-state index >= 15 is 0 Å². The van der Waals surface area contributed by atoms with Gasteiger partial charge in [-0.15, -0.1) is 0 Å². The van der Waals surface area contributed by atoms with Crippen LogP contribution in [0.2, 0.25) is 5.15 Å². The van der Waals surface area contributed by atoms with Gasteiger partial charge in [0.1, 0.15) is 5.75 Å². The van der Waals surface area contributed by atoms with Gasteiger partial charge in [-0.25, -0.2) is 9.97 Å². The van der Waals surface area contributed by atoms with Crippen molar-refractivity contribution in [2.75, 3.05) is 24.6 Å². The first-order chi connectivity index (χ1) is 12.4. The number of benzene rings is 1. The summed E-state index contributed by atoms with van der Waals surface area (Å²) in [6, 6.07) is 7.73. The largest absolute Gasteiger partial charge is 0.494 e. The van der Waals surface area contributed by atoms with Crippen molar-refractivity contribution in [1.82, 2.24) is 20.6 Å². The molecular weight excluding hydrogens is 358 g/mol. The Hall–Kier alpha value is -3.07. The molecule has 0 fully saturated rings. The van der Waals surface area contributed by atoms with Crippen LogP contribution >= 0.6 is 11.6 Å². The standard InChI is InChI=1S/C16H20ClN7O2/c1-9-3-5-10(6-4-9)26-8-2-7-21-16(20)24-15(25)11-13(18)23-14(19)12(17)22-11/h3-6H,2,7-8H2,1H3,(H4,18,19,23)(H3,20,21,24,25). The van der Waals surface area contributed by atoms with Crippen LogP contribution in [-0.4, -0.2) is 35.0 Å². The summed E-state index contributed by atoms with van der Waals surface area (Å²) in [6.45, 7) is 2.92. The number of rotatable bonds is 6. The minimum absolute atomic E-state index is 0.0671. The summed E-state index contributed by atoms with van der Waals surface area (Å²) < 4.78 is 5.57. The van der Waals surface area contributed by atoms with Crippen molar-refractivity contribution in [2.45, 2.75) is 13.3 Å². The number of carbonyl (C=O) groups excluding carboxylic acids is 1. The van der Waals surface area contributed by atoms with E-state index in [0.717, 1.165) is 11.3 Å². The number of nitrogens with two attached hydrogens (primary N) is 2. The fourth-order valence-corrected chi connectivity index (χ4v) is 2.06. The van der Waals surface area contributed by atoms with Crippen molar-refractivity contribution in [2.24, 2.45) is 0 Å². The number of carbonyl (C=O) groups is 1. The Morgan fingerprint density at radius 1 is 1.23 bits per heavy atom. The Morgan fingerprint density at radius 3 is 2.62 bits per heavy atom. The summed E-state index contributed by atoms with van der Waals surface area (Å²) in [7, 11) is 0. The van der Waals surface area contributed by atoms with E-state index in [1.807, 2.05) is 31.2 Å². The minimum Gasteiger partial charge on any atom is -0.494 e. The molecular formula is C16H20ClN7O2. The van der Waals surface area contributed by atoms with Crippen molar-refractivity contribution in [1.29, 1.82) is 5.41 Å². The molecule has 1 heterocycles. The predicted molar refractivity (Wildman–Crippen MR) is 100 cm³/mol. The number of hydrogen-bond donors (Lipinski definition) is 5. The lowest BCUT2D eigenvalue weighted by Gasteiger charge is -2.11. The molecule has 0 aliphatic carbocycles. The van der Waals surface area contributed by atoms with Crippen molar-refractivity contribution < 1.29 is 9.53 Å². The molecule has 1 amide bonds. The molecule has 0 bridgehead atoms. The fraction of sp³-hybridized carbons (Fsp3) is 0.250. The van der Waals surface area contributed by atoms with Crippen molar-refractivity contribution in [3.8, 4) is 5.75 Å². The van der Waals surface area contributed by atoms with Crippen molar-refractivity contribution >= 4 is 35.1 Å². The summed E-state index contributed by atoms with van der Waals surface area (Å²) in [5.74, 6) is -0.343. The predicted octanol–water partition coefficient (Wildman–Crippen LogP) is 1.33. The number of hydrogen-bond acceptors (Lipinski definition) is 7. The van der Waals surface area contributed by atoms with Gasteiger partial charge < -0.3 is 21.5 Å². The summed E-state index contributed by atoms with van der Waals surface area (Å²) in [4.78, 5) is 19.5. The molecule has 0 radical (unpaired) electrons. The molecule has 2 aromatic rings. The van der Waals surface area contributed by atoms with Crippen LogP contribution in [0.25, 0.3) is 0 Å². The third-order valence-corrected chi connectivity index (χ3v) is 3.55. The van der Waals surface area contributed by atoms with Gasteiger partial charge in [-0.1, -0.05) is 29.3 Å². The Bertz CT molecular complexity index is 796. The molecule has 0 spiro atoms. The second kappa shape index (κ2) is 8.86. The number of nitrogens with one attached hydrogen (secondary N) is 3. The molecule has 10 heteroatoms. The first-order valence-electron chi connectivity index (χ1n) is 7.78. The van der Waals surface area contributed by atoms with E-state index in [-0.39, 0.29) is 28.4 Å². The number of ether oxygens (including phenoxy) is 1. The number of amides is 1. The van der Waals surface area contributed by atoms with E-state index < -0.39 is 5.91 Å². The molecule has 9 nitrogen and oxygen atoms in total. The molecule has 1 aromatic heterocycles. The van der Waals surface area contributed by atoms with Crippen LogP contribution < -0.4 is 26.8 Å². The van der Waals surface area contributed by atoms with Crippen molar-refractivity contribution in [3.63, 3.8) is 0 Å². The first-order valence-corrected chi connectivity index (χ1v) is 8.16. The van der Waals surface area contributed by atoms with Gasteiger partial charge in [0.25, 0.3) is 5.91 Å². The quantitative estimate of drug-likeness (QED) is 0.289. The van der Waals surface area contributed by atoms with Crippen LogP contribution in [0, 0.1) is 12.3 Å². The van der Waals surface area contributed by atoms with Gasteiger partial charge in [0.15, 0.2) is 28.4 Å². The topological polar surface area (TPSA) is 152 Å². The average molecular weight is 378 g/mol. The molecule has 0 aliphatic heterocycles. The van der Waals surface area contributed by atoms with Gasteiger partial charge >= 0.3 is 0 Å². The summed E-state index contributed by atoms with van der Waals surface area (Å²) in [5.41, 5.74) is 12.0. The van der Waals surface area contributed by atoms with Gasteiger partial charge in [-0.05, 0) is 25.5 Å². The monoisotopic (exact) mass is 377 g/mol. The maximum atomic E-state index is 12.0. The Kier molecular flexibility index (Phi) is 6.56. The highest BCUT2D eigenvalue weighted by molar-refractivity contribution is 6.31. The van der Waals surface area contributed by atoms with Gasteiger partial charge in [-0.3, -0.25) is 15.5 Å². The molecule has 138 valence electrons. The molecule has 2 rings (SSSR count).